The van der Waals surface area contributed by atoms with Crippen LogP contribution in [0.1, 0.15) is 16.8 Å². The highest BCUT2D eigenvalue weighted by molar-refractivity contribution is 9.10. The summed E-state index contributed by atoms with van der Waals surface area (Å²) in [7, 11) is 1.29. The maximum absolute atomic E-state index is 12.0. The molecule has 0 spiro atoms. The Labute approximate surface area is 128 Å². The van der Waals surface area contributed by atoms with Gasteiger partial charge >= 0.3 is 5.97 Å². The van der Waals surface area contributed by atoms with Gasteiger partial charge in [0.25, 0.3) is 0 Å². The molecule has 0 aliphatic carbocycles. The summed E-state index contributed by atoms with van der Waals surface area (Å²) in [5.41, 5.74) is 8.62. The Morgan fingerprint density at radius 2 is 2.48 bits per heavy atom. The van der Waals surface area contributed by atoms with Crippen LogP contribution in [0.25, 0.3) is 10.4 Å². The zero-order valence-corrected chi connectivity index (χ0v) is 12.8. The van der Waals surface area contributed by atoms with Crippen molar-refractivity contribution in [3.63, 3.8) is 0 Å². The second-order valence-corrected chi connectivity index (χ2v) is 5.36. The molecule has 2 rings (SSSR count). The van der Waals surface area contributed by atoms with E-state index < -0.39 is 5.97 Å². The van der Waals surface area contributed by atoms with Crippen LogP contribution in [0.3, 0.4) is 0 Å². The fraction of sp³-hybridized carbons (Fsp3) is 0.417. The molecule has 0 aromatic carbocycles. The molecule has 0 radical (unpaired) electrons. The Hall–Kier alpha value is -2.12. The summed E-state index contributed by atoms with van der Waals surface area (Å²) < 4.78 is 5.14. The van der Waals surface area contributed by atoms with Gasteiger partial charge in [-0.15, -0.1) is 0 Å². The van der Waals surface area contributed by atoms with Crippen LogP contribution in [0.4, 0.5) is 5.82 Å². The number of hydrogen-bond donors (Lipinski definition) is 0. The molecule has 2 heterocycles. The summed E-state index contributed by atoms with van der Waals surface area (Å²) in [5.74, 6) is -0.172. The van der Waals surface area contributed by atoms with Crippen LogP contribution in [-0.2, 0) is 9.53 Å². The Morgan fingerprint density at radius 1 is 1.71 bits per heavy atom. The highest BCUT2D eigenvalue weighted by Gasteiger charge is 2.32. The number of rotatable bonds is 4. The average molecular weight is 354 g/mol. The molecule has 110 valence electrons. The van der Waals surface area contributed by atoms with Crippen molar-refractivity contribution in [1.29, 1.82) is 0 Å². The largest absolute Gasteiger partial charge is 0.465 e. The van der Waals surface area contributed by atoms with Crippen LogP contribution in [-0.4, -0.2) is 37.1 Å². The van der Waals surface area contributed by atoms with Crippen molar-refractivity contribution in [3.05, 3.63) is 32.7 Å². The number of esters is 1. The topological polar surface area (TPSA) is 108 Å². The number of amides is 1. The molecular formula is C12H12BrN5O3. The Morgan fingerprint density at radius 3 is 3.10 bits per heavy atom. The quantitative estimate of drug-likeness (QED) is 0.358. The van der Waals surface area contributed by atoms with E-state index in [2.05, 4.69) is 35.7 Å². The molecule has 1 amide bonds. The van der Waals surface area contributed by atoms with Crippen LogP contribution in [0.2, 0.25) is 0 Å². The molecule has 1 aromatic rings. The molecule has 0 saturated carbocycles. The van der Waals surface area contributed by atoms with E-state index in [1.165, 1.54) is 18.2 Å². The van der Waals surface area contributed by atoms with Crippen molar-refractivity contribution in [1.82, 2.24) is 4.98 Å². The van der Waals surface area contributed by atoms with E-state index in [1.807, 2.05) is 0 Å². The number of carbonyl (C=O) groups excluding carboxylic acids is 2. The zero-order valence-electron chi connectivity index (χ0n) is 11.2. The fourth-order valence-corrected chi connectivity index (χ4v) is 2.68. The van der Waals surface area contributed by atoms with E-state index in [9.17, 15) is 9.59 Å². The minimum Gasteiger partial charge on any atom is -0.465 e. The van der Waals surface area contributed by atoms with Crippen molar-refractivity contribution in [2.75, 3.05) is 25.1 Å². The van der Waals surface area contributed by atoms with Crippen molar-refractivity contribution < 1.29 is 14.3 Å². The van der Waals surface area contributed by atoms with Crippen molar-refractivity contribution >= 4 is 33.6 Å². The molecule has 1 unspecified atom stereocenters. The maximum Gasteiger partial charge on any atom is 0.339 e. The third-order valence-corrected chi connectivity index (χ3v) is 3.69. The van der Waals surface area contributed by atoms with Crippen LogP contribution in [0, 0.1) is 5.92 Å². The van der Waals surface area contributed by atoms with Crippen LogP contribution in [0.5, 0.6) is 0 Å². The summed E-state index contributed by atoms with van der Waals surface area (Å²) in [6.45, 7) is 0.706. The average Bonchev–Trinajstić information content (AvgIpc) is 2.85. The molecule has 0 N–H and O–H groups in total. The summed E-state index contributed by atoms with van der Waals surface area (Å²) >= 11 is 3.31. The third kappa shape index (κ3) is 3.32. The lowest BCUT2D eigenvalue weighted by molar-refractivity contribution is -0.117. The van der Waals surface area contributed by atoms with Crippen molar-refractivity contribution in [3.8, 4) is 0 Å². The number of nitrogens with zero attached hydrogens (tertiary/aromatic N) is 5. The number of ether oxygens (including phenoxy) is 1. The van der Waals surface area contributed by atoms with Gasteiger partial charge in [0.15, 0.2) is 0 Å². The van der Waals surface area contributed by atoms with Gasteiger partial charge in [0.05, 0.1) is 17.1 Å². The van der Waals surface area contributed by atoms with E-state index in [1.54, 1.807) is 6.07 Å². The Kier molecular flexibility index (Phi) is 4.77. The predicted molar refractivity (Wildman–Crippen MR) is 77.7 cm³/mol. The molecule has 9 heteroatoms. The van der Waals surface area contributed by atoms with Gasteiger partial charge < -0.3 is 4.74 Å². The molecule has 1 aromatic heterocycles. The molecule has 1 saturated heterocycles. The number of methoxy groups -OCH3 is 1. The van der Waals surface area contributed by atoms with Crippen LogP contribution < -0.4 is 4.90 Å². The minimum absolute atomic E-state index is 0.0256. The monoisotopic (exact) mass is 353 g/mol. The van der Waals surface area contributed by atoms with E-state index in [-0.39, 0.29) is 18.4 Å². The zero-order chi connectivity index (χ0) is 15.4. The number of halogens is 1. The molecule has 1 aliphatic rings. The Balaban J connectivity index is 2.20. The lowest BCUT2D eigenvalue weighted by Crippen LogP contribution is -2.26. The molecule has 8 nitrogen and oxygen atoms in total. The first-order valence-electron chi connectivity index (χ1n) is 6.12. The summed E-state index contributed by atoms with van der Waals surface area (Å²) in [4.78, 5) is 31.8. The molecule has 1 fully saturated rings. The van der Waals surface area contributed by atoms with Gasteiger partial charge in [-0.25, -0.2) is 9.78 Å². The van der Waals surface area contributed by atoms with Gasteiger partial charge in [-0.05, 0) is 33.4 Å². The van der Waals surface area contributed by atoms with E-state index in [4.69, 9.17) is 5.53 Å². The summed E-state index contributed by atoms with van der Waals surface area (Å²) in [6, 6.07) is 1.56. The second-order valence-electron chi connectivity index (χ2n) is 4.51. The number of hydrogen-bond acceptors (Lipinski definition) is 5. The van der Waals surface area contributed by atoms with Gasteiger partial charge in [0.1, 0.15) is 5.82 Å². The minimum atomic E-state index is -0.497. The fourth-order valence-electron chi connectivity index (χ4n) is 2.12. The highest BCUT2D eigenvalue weighted by Crippen LogP contribution is 2.30. The van der Waals surface area contributed by atoms with Gasteiger partial charge in [-0.2, -0.15) is 0 Å². The first kappa shape index (κ1) is 15.3. The van der Waals surface area contributed by atoms with Crippen LogP contribution >= 0.6 is 15.9 Å². The molecule has 1 aliphatic heterocycles. The molecule has 21 heavy (non-hydrogen) atoms. The van der Waals surface area contributed by atoms with Crippen molar-refractivity contribution in [2.45, 2.75) is 6.42 Å². The summed E-state index contributed by atoms with van der Waals surface area (Å²) in [6.07, 6.45) is 1.67. The van der Waals surface area contributed by atoms with Gasteiger partial charge in [-0.1, -0.05) is 5.11 Å². The van der Waals surface area contributed by atoms with E-state index >= 15 is 0 Å². The molecule has 0 bridgehead atoms. The van der Waals surface area contributed by atoms with Crippen LogP contribution in [0.15, 0.2) is 21.9 Å². The van der Waals surface area contributed by atoms with Gasteiger partial charge in [-0.3, -0.25) is 9.69 Å². The maximum atomic E-state index is 12.0. The number of pyridine rings is 1. The SMILES string of the molecule is COC(=O)c1cnc(N2CC(CN=[N+]=[N-])CC2=O)c(Br)c1. The standard InChI is InChI=1S/C12H12BrN5O3/c1-21-12(20)8-3-9(13)11(15-5-8)18-6-7(2-10(18)19)4-16-17-14/h3,5,7H,2,4,6H2,1H3. The number of carbonyl (C=O) groups is 2. The number of aromatic nitrogens is 1. The van der Waals surface area contributed by atoms with E-state index in [0.717, 1.165) is 0 Å². The lowest BCUT2D eigenvalue weighted by atomic mass is 10.1. The highest BCUT2D eigenvalue weighted by atomic mass is 79.9. The second kappa shape index (κ2) is 6.55. The van der Waals surface area contributed by atoms with Crippen molar-refractivity contribution in [2.24, 2.45) is 11.0 Å². The first-order chi connectivity index (χ1) is 10.1. The molecule has 1 atom stereocenters. The predicted octanol–water partition coefficient (Wildman–Crippen LogP) is 2.29. The Bertz CT molecular complexity index is 629. The lowest BCUT2D eigenvalue weighted by Gasteiger charge is -2.17. The normalized spacial score (nSPS) is 17.5. The smallest absolute Gasteiger partial charge is 0.339 e. The number of anilines is 1. The van der Waals surface area contributed by atoms with Gasteiger partial charge in [0, 0.05) is 30.6 Å². The van der Waals surface area contributed by atoms with Gasteiger partial charge in [0.2, 0.25) is 5.91 Å². The number of azide groups is 1. The molecular weight excluding hydrogens is 342 g/mol. The third-order valence-electron chi connectivity index (χ3n) is 3.11. The summed E-state index contributed by atoms with van der Waals surface area (Å²) in [5, 5.41) is 3.50. The first-order valence-corrected chi connectivity index (χ1v) is 6.91. The van der Waals surface area contributed by atoms with E-state index in [0.29, 0.717) is 28.8 Å².